The highest BCUT2D eigenvalue weighted by molar-refractivity contribution is 5.70. The zero-order valence-corrected chi connectivity index (χ0v) is 11.9. The van der Waals surface area contributed by atoms with E-state index in [0.29, 0.717) is 6.54 Å². The van der Waals surface area contributed by atoms with E-state index in [1.807, 2.05) is 17.2 Å². The van der Waals surface area contributed by atoms with Crippen molar-refractivity contribution in [3.63, 3.8) is 0 Å². The van der Waals surface area contributed by atoms with Crippen molar-refractivity contribution in [1.29, 1.82) is 0 Å². The van der Waals surface area contributed by atoms with Gasteiger partial charge in [0.25, 0.3) is 0 Å². The first kappa shape index (κ1) is 14.5. The lowest BCUT2D eigenvalue weighted by Crippen LogP contribution is -2.33. The van der Waals surface area contributed by atoms with Crippen molar-refractivity contribution in [2.75, 3.05) is 19.6 Å². The van der Waals surface area contributed by atoms with E-state index in [1.54, 1.807) is 23.0 Å². The number of benzene rings is 1. The molecule has 0 saturated carbocycles. The van der Waals surface area contributed by atoms with Crippen molar-refractivity contribution in [1.82, 2.24) is 14.7 Å². The fourth-order valence-corrected chi connectivity index (χ4v) is 2.53. The van der Waals surface area contributed by atoms with Crippen LogP contribution in [-0.4, -0.2) is 45.4 Å². The quantitative estimate of drug-likeness (QED) is 0.940. The molecule has 0 amide bonds. The Kier molecular flexibility index (Phi) is 4.02. The van der Waals surface area contributed by atoms with Crippen molar-refractivity contribution < 1.29 is 14.3 Å². The number of halogens is 1. The molecule has 3 rings (SSSR count). The smallest absolute Gasteiger partial charge is 0.317 e. The van der Waals surface area contributed by atoms with Crippen molar-refractivity contribution in [2.24, 2.45) is 0 Å². The zero-order chi connectivity index (χ0) is 15.5. The van der Waals surface area contributed by atoms with Crippen LogP contribution in [0.3, 0.4) is 0 Å². The van der Waals surface area contributed by atoms with Gasteiger partial charge in [0.05, 0.1) is 18.4 Å². The average molecular weight is 301 g/mol. The van der Waals surface area contributed by atoms with E-state index in [-0.39, 0.29) is 12.4 Å². The van der Waals surface area contributed by atoms with Gasteiger partial charge in [-0.3, -0.25) is 9.69 Å². The molecule has 1 aliphatic heterocycles. The molecule has 0 saturated heterocycles. The Hall–Kier alpha value is -2.47. The number of carboxylic acid groups (broad SMARTS) is 1. The van der Waals surface area contributed by atoms with Crippen LogP contribution < -0.4 is 0 Å². The van der Waals surface area contributed by atoms with Gasteiger partial charge in [-0.05, 0) is 36.3 Å². The lowest BCUT2D eigenvalue weighted by atomic mass is 10.0. The molecule has 0 radical (unpaired) electrons. The second-order valence-electron chi connectivity index (χ2n) is 5.26. The monoisotopic (exact) mass is 301 g/mol. The second kappa shape index (κ2) is 6.11. The number of carbonyl (C=O) groups is 1. The third-order valence-corrected chi connectivity index (χ3v) is 3.70. The van der Waals surface area contributed by atoms with Crippen LogP contribution in [0.25, 0.3) is 11.3 Å². The van der Waals surface area contributed by atoms with Gasteiger partial charge in [0.2, 0.25) is 0 Å². The minimum atomic E-state index is -0.805. The van der Waals surface area contributed by atoms with E-state index >= 15 is 0 Å². The van der Waals surface area contributed by atoms with Gasteiger partial charge in [0, 0.05) is 24.8 Å². The Balaban J connectivity index is 1.73. The number of rotatable bonds is 4. The van der Waals surface area contributed by atoms with E-state index in [0.717, 1.165) is 29.8 Å². The van der Waals surface area contributed by atoms with Crippen LogP contribution in [0.1, 0.15) is 12.0 Å². The van der Waals surface area contributed by atoms with Gasteiger partial charge in [-0.15, -0.1) is 0 Å². The SMILES string of the molecule is O=C(O)CN1CC=C(c2cnn(-c3ccc(F)cc3)c2)CC1. The van der Waals surface area contributed by atoms with Crippen LogP contribution in [-0.2, 0) is 4.79 Å². The number of hydrogen-bond acceptors (Lipinski definition) is 3. The molecule has 0 spiro atoms. The Labute approximate surface area is 127 Å². The predicted octanol–water partition coefficient (Wildman–Crippen LogP) is 2.19. The van der Waals surface area contributed by atoms with E-state index in [1.165, 1.54) is 12.1 Å². The number of aromatic nitrogens is 2. The summed E-state index contributed by atoms with van der Waals surface area (Å²) in [6, 6.07) is 6.16. The normalized spacial score (nSPS) is 15.6. The molecule has 6 heteroatoms. The second-order valence-corrected chi connectivity index (χ2v) is 5.26. The number of nitrogens with zero attached hydrogens (tertiary/aromatic N) is 3. The summed E-state index contributed by atoms with van der Waals surface area (Å²) in [5, 5.41) is 13.1. The Morgan fingerprint density at radius 1 is 1.32 bits per heavy atom. The van der Waals surface area contributed by atoms with E-state index in [4.69, 9.17) is 5.11 Å². The van der Waals surface area contributed by atoms with Gasteiger partial charge in [-0.1, -0.05) is 6.08 Å². The molecule has 1 aromatic heterocycles. The molecule has 1 aliphatic rings. The Morgan fingerprint density at radius 3 is 2.73 bits per heavy atom. The molecule has 1 N–H and O–H groups in total. The van der Waals surface area contributed by atoms with Crippen LogP contribution >= 0.6 is 0 Å². The fourth-order valence-electron chi connectivity index (χ4n) is 2.53. The first-order valence-electron chi connectivity index (χ1n) is 7.06. The van der Waals surface area contributed by atoms with Gasteiger partial charge >= 0.3 is 5.97 Å². The van der Waals surface area contributed by atoms with Crippen LogP contribution in [0.2, 0.25) is 0 Å². The Bertz CT molecular complexity index is 706. The van der Waals surface area contributed by atoms with Gasteiger partial charge in [0.1, 0.15) is 5.82 Å². The average Bonchev–Trinajstić information content (AvgIpc) is 2.98. The highest BCUT2D eigenvalue weighted by Gasteiger charge is 2.16. The third kappa shape index (κ3) is 3.23. The summed E-state index contributed by atoms with van der Waals surface area (Å²) in [6.45, 7) is 1.42. The summed E-state index contributed by atoms with van der Waals surface area (Å²) >= 11 is 0. The lowest BCUT2D eigenvalue weighted by Gasteiger charge is -2.24. The number of hydrogen-bond donors (Lipinski definition) is 1. The maximum atomic E-state index is 12.9. The zero-order valence-electron chi connectivity index (χ0n) is 11.9. The van der Waals surface area contributed by atoms with Gasteiger partial charge in [-0.2, -0.15) is 5.10 Å². The van der Waals surface area contributed by atoms with Crippen molar-refractivity contribution in [3.8, 4) is 5.69 Å². The molecule has 0 bridgehead atoms. The van der Waals surface area contributed by atoms with E-state index < -0.39 is 5.97 Å². The first-order chi connectivity index (χ1) is 10.6. The lowest BCUT2D eigenvalue weighted by molar-refractivity contribution is -0.138. The van der Waals surface area contributed by atoms with Crippen LogP contribution in [0, 0.1) is 5.82 Å². The maximum Gasteiger partial charge on any atom is 0.317 e. The Morgan fingerprint density at radius 2 is 2.09 bits per heavy atom. The first-order valence-corrected chi connectivity index (χ1v) is 7.06. The molecule has 0 unspecified atom stereocenters. The molecule has 2 heterocycles. The third-order valence-electron chi connectivity index (χ3n) is 3.70. The molecular weight excluding hydrogens is 285 g/mol. The molecule has 22 heavy (non-hydrogen) atoms. The number of aliphatic carboxylic acids is 1. The van der Waals surface area contributed by atoms with Crippen LogP contribution in [0.4, 0.5) is 4.39 Å². The van der Waals surface area contributed by atoms with Crippen molar-refractivity contribution >= 4 is 11.5 Å². The number of carboxylic acids is 1. The van der Waals surface area contributed by atoms with E-state index in [9.17, 15) is 9.18 Å². The maximum absolute atomic E-state index is 12.9. The standard InChI is InChI=1S/C16H16FN3O2/c17-14-1-3-15(4-2-14)20-10-13(9-18-20)12-5-7-19(8-6-12)11-16(21)22/h1-5,9-10H,6-8,11H2,(H,21,22). The molecule has 1 aromatic carbocycles. The van der Waals surface area contributed by atoms with Crippen LogP contribution in [0.15, 0.2) is 42.7 Å². The highest BCUT2D eigenvalue weighted by atomic mass is 19.1. The van der Waals surface area contributed by atoms with Gasteiger partial charge in [0.15, 0.2) is 0 Å². The van der Waals surface area contributed by atoms with E-state index in [2.05, 4.69) is 5.10 Å². The highest BCUT2D eigenvalue weighted by Crippen LogP contribution is 2.22. The summed E-state index contributed by atoms with van der Waals surface area (Å²) in [6.07, 6.45) is 6.52. The van der Waals surface area contributed by atoms with Gasteiger partial charge in [-0.25, -0.2) is 9.07 Å². The minimum Gasteiger partial charge on any atom is -0.480 e. The molecule has 2 aromatic rings. The molecule has 5 nitrogen and oxygen atoms in total. The molecular formula is C16H16FN3O2. The van der Waals surface area contributed by atoms with Crippen molar-refractivity contribution in [3.05, 3.63) is 54.1 Å². The summed E-state index contributed by atoms with van der Waals surface area (Å²) in [7, 11) is 0. The fraction of sp³-hybridized carbons (Fsp3) is 0.250. The molecule has 114 valence electrons. The van der Waals surface area contributed by atoms with Crippen LogP contribution in [0.5, 0.6) is 0 Å². The summed E-state index contributed by atoms with van der Waals surface area (Å²) in [5.74, 6) is -1.08. The van der Waals surface area contributed by atoms with Crippen molar-refractivity contribution in [2.45, 2.75) is 6.42 Å². The molecule has 0 aliphatic carbocycles. The summed E-state index contributed by atoms with van der Waals surface area (Å²) in [4.78, 5) is 12.6. The summed E-state index contributed by atoms with van der Waals surface area (Å²) in [5.41, 5.74) is 2.98. The largest absolute Gasteiger partial charge is 0.480 e. The topological polar surface area (TPSA) is 58.4 Å². The van der Waals surface area contributed by atoms with Gasteiger partial charge < -0.3 is 5.11 Å². The molecule has 0 fully saturated rings. The minimum absolute atomic E-state index is 0.0681. The predicted molar refractivity (Wildman–Crippen MR) is 80.2 cm³/mol. The summed E-state index contributed by atoms with van der Waals surface area (Å²) < 4.78 is 14.6. The molecule has 0 atom stereocenters.